The number of hydrogen-bond acceptors (Lipinski definition) is 2. The first-order chi connectivity index (χ1) is 7.25. The van der Waals surface area contributed by atoms with Crippen LogP contribution in [0.3, 0.4) is 0 Å². The molecular weight excluding hydrogens is 252 g/mol. The molecular formula is C12H17BrN2. The van der Waals surface area contributed by atoms with Gasteiger partial charge in [0.2, 0.25) is 0 Å². The van der Waals surface area contributed by atoms with Crippen molar-refractivity contribution >= 4 is 21.6 Å². The lowest BCUT2D eigenvalue weighted by Crippen LogP contribution is -2.29. The Morgan fingerprint density at radius 3 is 3.07 bits per heavy atom. The van der Waals surface area contributed by atoms with E-state index >= 15 is 0 Å². The van der Waals surface area contributed by atoms with E-state index in [1.165, 1.54) is 30.6 Å². The molecule has 1 aromatic rings. The first kappa shape index (κ1) is 11.0. The van der Waals surface area contributed by atoms with Gasteiger partial charge in [-0.25, -0.2) is 0 Å². The van der Waals surface area contributed by atoms with Crippen LogP contribution in [0.1, 0.15) is 18.4 Å². The van der Waals surface area contributed by atoms with Gasteiger partial charge in [-0.1, -0.05) is 6.07 Å². The molecule has 1 aliphatic heterocycles. The van der Waals surface area contributed by atoms with E-state index in [0.717, 1.165) is 11.0 Å². The second-order valence-electron chi connectivity index (χ2n) is 4.16. The molecule has 15 heavy (non-hydrogen) atoms. The number of aryl methyl sites for hydroxylation is 1. The zero-order chi connectivity index (χ0) is 10.7. The van der Waals surface area contributed by atoms with Gasteiger partial charge in [-0.05, 0) is 59.9 Å². The van der Waals surface area contributed by atoms with Crippen LogP contribution in [0.25, 0.3) is 0 Å². The summed E-state index contributed by atoms with van der Waals surface area (Å²) >= 11 is 3.57. The summed E-state index contributed by atoms with van der Waals surface area (Å²) in [4.78, 5) is 0. The van der Waals surface area contributed by atoms with Crippen molar-refractivity contribution in [2.45, 2.75) is 25.8 Å². The third-order valence-corrected chi connectivity index (χ3v) is 3.48. The maximum atomic E-state index is 3.57. The van der Waals surface area contributed by atoms with E-state index in [-0.39, 0.29) is 0 Å². The van der Waals surface area contributed by atoms with Crippen LogP contribution >= 0.6 is 15.9 Å². The predicted molar refractivity (Wildman–Crippen MR) is 68.4 cm³/mol. The summed E-state index contributed by atoms with van der Waals surface area (Å²) in [5.74, 6) is 0. The number of nitrogens with one attached hydrogen (secondary N) is 2. The van der Waals surface area contributed by atoms with Crippen LogP contribution in [0.15, 0.2) is 22.7 Å². The number of rotatable bonds is 3. The predicted octanol–water partition coefficient (Wildman–Crippen LogP) is 2.92. The topological polar surface area (TPSA) is 24.1 Å². The third-order valence-electron chi connectivity index (χ3n) is 2.83. The van der Waals surface area contributed by atoms with Crippen molar-refractivity contribution in [3.63, 3.8) is 0 Å². The van der Waals surface area contributed by atoms with E-state index in [4.69, 9.17) is 0 Å². The average molecular weight is 269 g/mol. The fraction of sp³-hybridized carbons (Fsp3) is 0.500. The highest BCUT2D eigenvalue weighted by atomic mass is 79.9. The van der Waals surface area contributed by atoms with Gasteiger partial charge in [0.25, 0.3) is 0 Å². The van der Waals surface area contributed by atoms with Gasteiger partial charge in [0.1, 0.15) is 0 Å². The highest BCUT2D eigenvalue weighted by molar-refractivity contribution is 9.10. The molecule has 2 nitrogen and oxygen atoms in total. The number of halogens is 1. The Morgan fingerprint density at radius 1 is 1.53 bits per heavy atom. The van der Waals surface area contributed by atoms with Gasteiger partial charge in [-0.3, -0.25) is 0 Å². The molecule has 0 saturated carbocycles. The molecule has 2 rings (SSSR count). The number of anilines is 1. The summed E-state index contributed by atoms with van der Waals surface area (Å²) in [6.07, 6.45) is 2.60. The number of benzene rings is 1. The van der Waals surface area contributed by atoms with Crippen molar-refractivity contribution in [3.8, 4) is 0 Å². The smallest absolute Gasteiger partial charge is 0.0485 e. The second kappa shape index (κ2) is 4.99. The molecule has 0 aliphatic carbocycles. The molecule has 3 heteroatoms. The Morgan fingerprint density at radius 2 is 2.40 bits per heavy atom. The number of hydrogen-bond donors (Lipinski definition) is 2. The van der Waals surface area contributed by atoms with Gasteiger partial charge < -0.3 is 10.6 Å². The zero-order valence-corrected chi connectivity index (χ0v) is 10.6. The van der Waals surface area contributed by atoms with Crippen molar-refractivity contribution in [1.29, 1.82) is 0 Å². The lowest BCUT2D eigenvalue weighted by Gasteiger charge is -2.14. The van der Waals surface area contributed by atoms with Crippen molar-refractivity contribution in [1.82, 2.24) is 5.32 Å². The molecule has 1 saturated heterocycles. The van der Waals surface area contributed by atoms with Crippen LogP contribution in [0.5, 0.6) is 0 Å². The summed E-state index contributed by atoms with van der Waals surface area (Å²) in [6.45, 7) is 4.29. The molecule has 0 radical (unpaired) electrons. The first-order valence-electron chi connectivity index (χ1n) is 5.49. The summed E-state index contributed by atoms with van der Waals surface area (Å²) in [6, 6.07) is 7.05. The van der Waals surface area contributed by atoms with Gasteiger partial charge in [0.15, 0.2) is 0 Å². The molecule has 1 aliphatic rings. The Balaban J connectivity index is 1.92. The first-order valence-corrected chi connectivity index (χ1v) is 6.28. The van der Waals surface area contributed by atoms with Crippen molar-refractivity contribution in [2.75, 3.05) is 18.4 Å². The second-order valence-corrected chi connectivity index (χ2v) is 5.01. The fourth-order valence-electron chi connectivity index (χ4n) is 1.93. The quantitative estimate of drug-likeness (QED) is 0.881. The van der Waals surface area contributed by atoms with Gasteiger partial charge >= 0.3 is 0 Å². The lowest BCUT2D eigenvalue weighted by atomic mass is 10.2. The minimum atomic E-state index is 0.637. The Hall–Kier alpha value is -0.540. The van der Waals surface area contributed by atoms with E-state index in [0.29, 0.717) is 6.04 Å². The van der Waals surface area contributed by atoms with Crippen molar-refractivity contribution < 1.29 is 0 Å². The normalized spacial score (nSPS) is 20.5. The fourth-order valence-corrected chi connectivity index (χ4v) is 2.56. The summed E-state index contributed by atoms with van der Waals surface area (Å²) < 4.78 is 1.15. The van der Waals surface area contributed by atoms with Crippen LogP contribution in [-0.2, 0) is 0 Å². The Bertz CT molecular complexity index is 332. The highest BCUT2D eigenvalue weighted by Crippen LogP contribution is 2.23. The lowest BCUT2D eigenvalue weighted by molar-refractivity contribution is 0.633. The summed E-state index contributed by atoms with van der Waals surface area (Å²) in [5, 5.41) is 6.95. The molecule has 1 aromatic carbocycles. The molecule has 2 N–H and O–H groups in total. The van der Waals surface area contributed by atoms with Gasteiger partial charge in [-0.2, -0.15) is 0 Å². The van der Waals surface area contributed by atoms with E-state index in [9.17, 15) is 0 Å². The molecule has 0 spiro atoms. The largest absolute Gasteiger partial charge is 0.383 e. The molecule has 0 aromatic heterocycles. The minimum Gasteiger partial charge on any atom is -0.383 e. The van der Waals surface area contributed by atoms with E-state index in [2.05, 4.69) is 51.7 Å². The zero-order valence-electron chi connectivity index (χ0n) is 9.02. The van der Waals surface area contributed by atoms with Gasteiger partial charge in [-0.15, -0.1) is 0 Å². The van der Waals surface area contributed by atoms with Gasteiger partial charge in [0.05, 0.1) is 0 Å². The monoisotopic (exact) mass is 268 g/mol. The Kier molecular flexibility index (Phi) is 3.65. The summed E-state index contributed by atoms with van der Waals surface area (Å²) in [5.41, 5.74) is 2.47. The van der Waals surface area contributed by atoms with E-state index in [1.54, 1.807) is 0 Å². The SMILES string of the molecule is Cc1ccc(NCC2CCCN2)c(Br)c1. The molecule has 0 bridgehead atoms. The standard InChI is InChI=1S/C12H17BrN2/c1-9-4-5-12(11(13)7-9)15-8-10-3-2-6-14-10/h4-5,7,10,14-15H,2-3,6,8H2,1H3. The van der Waals surface area contributed by atoms with Crippen molar-refractivity contribution in [3.05, 3.63) is 28.2 Å². The van der Waals surface area contributed by atoms with Gasteiger partial charge in [0, 0.05) is 22.7 Å². The minimum absolute atomic E-state index is 0.637. The molecule has 82 valence electrons. The maximum absolute atomic E-state index is 3.57. The van der Waals surface area contributed by atoms with Crippen LogP contribution in [0.2, 0.25) is 0 Å². The van der Waals surface area contributed by atoms with Crippen LogP contribution in [0.4, 0.5) is 5.69 Å². The van der Waals surface area contributed by atoms with Crippen LogP contribution < -0.4 is 10.6 Å². The molecule has 0 amide bonds. The van der Waals surface area contributed by atoms with Crippen LogP contribution in [-0.4, -0.2) is 19.1 Å². The highest BCUT2D eigenvalue weighted by Gasteiger charge is 2.13. The molecule has 1 unspecified atom stereocenters. The van der Waals surface area contributed by atoms with E-state index < -0.39 is 0 Å². The maximum Gasteiger partial charge on any atom is 0.0485 e. The molecule has 1 fully saturated rings. The van der Waals surface area contributed by atoms with E-state index in [1.807, 2.05) is 0 Å². The Labute approximate surface area is 99.6 Å². The summed E-state index contributed by atoms with van der Waals surface area (Å²) in [7, 11) is 0. The average Bonchev–Trinajstić information content (AvgIpc) is 2.69. The van der Waals surface area contributed by atoms with Crippen molar-refractivity contribution in [2.24, 2.45) is 0 Å². The molecule has 1 atom stereocenters. The molecule has 1 heterocycles. The van der Waals surface area contributed by atoms with Crippen LogP contribution in [0, 0.1) is 6.92 Å². The third kappa shape index (κ3) is 2.95.